The van der Waals surface area contributed by atoms with Crippen LogP contribution in [-0.2, 0) is 5.54 Å². The van der Waals surface area contributed by atoms with Crippen molar-refractivity contribution in [1.82, 2.24) is 14.9 Å². The molecule has 0 saturated heterocycles. The lowest BCUT2D eigenvalue weighted by atomic mass is 10.1. The number of hydrogen-bond acceptors (Lipinski definition) is 3. The Kier molecular flexibility index (Phi) is 1.98. The molecule has 0 bridgehead atoms. The van der Waals surface area contributed by atoms with Crippen molar-refractivity contribution in [3.8, 4) is 0 Å². The van der Waals surface area contributed by atoms with Crippen molar-refractivity contribution in [1.29, 1.82) is 0 Å². The second-order valence-corrected chi connectivity index (χ2v) is 4.72. The van der Waals surface area contributed by atoms with Crippen molar-refractivity contribution >= 4 is 11.7 Å². The SMILES string of the molecule is C=C1NC(=O)c2[nH]c(=O)n(C(C)(C)C)c2N1. The molecule has 86 valence electrons. The number of rotatable bonds is 0. The van der Waals surface area contributed by atoms with E-state index in [0.29, 0.717) is 11.6 Å². The highest BCUT2D eigenvalue weighted by atomic mass is 16.2. The van der Waals surface area contributed by atoms with Crippen molar-refractivity contribution in [2.24, 2.45) is 0 Å². The van der Waals surface area contributed by atoms with Crippen LogP contribution < -0.4 is 16.3 Å². The lowest BCUT2D eigenvalue weighted by molar-refractivity contribution is 0.0959. The molecule has 0 spiro atoms. The first-order valence-corrected chi connectivity index (χ1v) is 4.93. The molecule has 6 heteroatoms. The predicted molar refractivity (Wildman–Crippen MR) is 60.3 cm³/mol. The zero-order chi connectivity index (χ0) is 12.1. The standard InChI is InChI=1S/C10H14N4O2/c1-5-11-7-6(8(15)12-5)13-9(16)14(7)10(2,3)4/h11H,1H2,2-4H3,(H,12,15)(H,13,16). The average molecular weight is 222 g/mol. The average Bonchev–Trinajstić information content (AvgIpc) is 2.40. The highest BCUT2D eigenvalue weighted by Gasteiger charge is 2.29. The Hall–Kier alpha value is -1.98. The number of nitrogens with zero attached hydrogens (tertiary/aromatic N) is 1. The molecule has 0 aliphatic carbocycles. The molecule has 6 nitrogen and oxygen atoms in total. The van der Waals surface area contributed by atoms with Gasteiger partial charge in [-0.15, -0.1) is 0 Å². The summed E-state index contributed by atoms with van der Waals surface area (Å²) in [6, 6.07) is 0. The molecule has 0 unspecified atom stereocenters. The zero-order valence-corrected chi connectivity index (χ0v) is 9.47. The van der Waals surface area contributed by atoms with E-state index in [4.69, 9.17) is 0 Å². The Balaban J connectivity index is 2.70. The predicted octanol–water partition coefficient (Wildman–Crippen LogP) is 0.558. The topological polar surface area (TPSA) is 78.9 Å². The minimum Gasteiger partial charge on any atom is -0.326 e. The number of H-pyrrole nitrogens is 1. The first-order chi connectivity index (χ1) is 7.30. The largest absolute Gasteiger partial charge is 0.328 e. The van der Waals surface area contributed by atoms with Gasteiger partial charge >= 0.3 is 5.69 Å². The molecule has 0 aromatic carbocycles. The fourth-order valence-corrected chi connectivity index (χ4v) is 1.73. The van der Waals surface area contributed by atoms with Crippen LogP contribution in [0.4, 0.5) is 5.82 Å². The summed E-state index contributed by atoms with van der Waals surface area (Å²) in [5.74, 6) is 0.486. The number of aromatic nitrogens is 2. The maximum atomic E-state index is 11.8. The number of imidazole rings is 1. The maximum absolute atomic E-state index is 11.8. The Morgan fingerprint density at radius 1 is 1.19 bits per heavy atom. The maximum Gasteiger partial charge on any atom is 0.328 e. The van der Waals surface area contributed by atoms with Gasteiger partial charge in [0.15, 0.2) is 5.69 Å². The van der Waals surface area contributed by atoms with Crippen molar-refractivity contribution in [3.63, 3.8) is 0 Å². The number of aromatic amines is 1. The van der Waals surface area contributed by atoms with Gasteiger partial charge in [0.25, 0.3) is 5.91 Å². The zero-order valence-electron chi connectivity index (χ0n) is 9.47. The van der Waals surface area contributed by atoms with Crippen LogP contribution in [0.1, 0.15) is 31.3 Å². The molecule has 3 N–H and O–H groups in total. The van der Waals surface area contributed by atoms with Crippen LogP contribution in [0, 0.1) is 0 Å². The van der Waals surface area contributed by atoms with Gasteiger partial charge in [-0.1, -0.05) is 6.58 Å². The molecular weight excluding hydrogens is 208 g/mol. The second kappa shape index (κ2) is 3.01. The molecular formula is C10H14N4O2. The van der Waals surface area contributed by atoms with E-state index in [1.54, 1.807) is 0 Å². The molecule has 1 amide bonds. The van der Waals surface area contributed by atoms with Gasteiger partial charge in [-0.25, -0.2) is 4.79 Å². The molecule has 1 aliphatic rings. The van der Waals surface area contributed by atoms with Crippen molar-refractivity contribution < 1.29 is 4.79 Å². The van der Waals surface area contributed by atoms with Crippen molar-refractivity contribution in [3.05, 3.63) is 28.6 Å². The number of amides is 1. The van der Waals surface area contributed by atoms with Crippen LogP contribution in [-0.4, -0.2) is 15.5 Å². The molecule has 0 saturated carbocycles. The smallest absolute Gasteiger partial charge is 0.326 e. The summed E-state index contributed by atoms with van der Waals surface area (Å²) < 4.78 is 1.51. The summed E-state index contributed by atoms with van der Waals surface area (Å²) in [6.07, 6.45) is 0. The van der Waals surface area contributed by atoms with Gasteiger partial charge in [0.1, 0.15) is 11.6 Å². The highest BCUT2D eigenvalue weighted by molar-refractivity contribution is 6.00. The highest BCUT2D eigenvalue weighted by Crippen LogP contribution is 2.24. The summed E-state index contributed by atoms with van der Waals surface area (Å²) in [4.78, 5) is 25.9. The Bertz CT molecular complexity index is 530. The van der Waals surface area contributed by atoms with E-state index >= 15 is 0 Å². The van der Waals surface area contributed by atoms with Crippen molar-refractivity contribution in [2.75, 3.05) is 5.32 Å². The Morgan fingerprint density at radius 3 is 2.38 bits per heavy atom. The van der Waals surface area contributed by atoms with E-state index < -0.39 is 5.54 Å². The molecule has 1 aromatic rings. The summed E-state index contributed by atoms with van der Waals surface area (Å²) in [7, 11) is 0. The van der Waals surface area contributed by atoms with E-state index in [1.165, 1.54) is 4.57 Å². The van der Waals surface area contributed by atoms with Gasteiger partial charge in [0.2, 0.25) is 0 Å². The Labute approximate surface area is 92.4 Å². The van der Waals surface area contributed by atoms with Gasteiger partial charge < -0.3 is 10.6 Å². The Morgan fingerprint density at radius 2 is 1.81 bits per heavy atom. The molecule has 0 fully saturated rings. The van der Waals surface area contributed by atoms with Crippen molar-refractivity contribution in [2.45, 2.75) is 26.3 Å². The van der Waals surface area contributed by atoms with E-state index in [-0.39, 0.29) is 17.3 Å². The normalized spacial score (nSPS) is 15.4. The van der Waals surface area contributed by atoms with Crippen LogP contribution >= 0.6 is 0 Å². The fraction of sp³-hybridized carbons (Fsp3) is 0.400. The molecule has 2 heterocycles. The molecule has 1 aromatic heterocycles. The molecule has 1 aliphatic heterocycles. The van der Waals surface area contributed by atoms with Gasteiger partial charge in [-0.3, -0.25) is 14.3 Å². The first-order valence-electron chi connectivity index (χ1n) is 4.93. The minimum atomic E-state index is -0.411. The van der Waals surface area contributed by atoms with Gasteiger partial charge in [-0.2, -0.15) is 0 Å². The number of nitrogens with one attached hydrogen (secondary N) is 3. The summed E-state index contributed by atoms with van der Waals surface area (Å²) in [5, 5.41) is 5.39. The lowest BCUT2D eigenvalue weighted by Gasteiger charge is -2.25. The van der Waals surface area contributed by atoms with E-state index in [0.717, 1.165) is 0 Å². The number of carbonyl (C=O) groups excluding carboxylic acids is 1. The third-order valence-electron chi connectivity index (χ3n) is 2.33. The lowest BCUT2D eigenvalue weighted by Crippen LogP contribution is -2.36. The molecule has 0 atom stereocenters. The van der Waals surface area contributed by atoms with Crippen LogP contribution in [0.3, 0.4) is 0 Å². The fourth-order valence-electron chi connectivity index (χ4n) is 1.73. The van der Waals surface area contributed by atoms with Gasteiger partial charge in [0, 0.05) is 5.54 Å². The minimum absolute atomic E-state index is 0.243. The summed E-state index contributed by atoms with van der Waals surface area (Å²) >= 11 is 0. The third kappa shape index (κ3) is 1.42. The number of fused-ring (bicyclic) bond motifs is 1. The molecule has 2 rings (SSSR count). The monoisotopic (exact) mass is 222 g/mol. The summed E-state index contributed by atoms with van der Waals surface area (Å²) in [5.41, 5.74) is -0.478. The third-order valence-corrected chi connectivity index (χ3v) is 2.33. The molecule has 0 radical (unpaired) electrons. The number of carbonyl (C=O) groups is 1. The second-order valence-electron chi connectivity index (χ2n) is 4.72. The van der Waals surface area contributed by atoms with Crippen LogP contribution in [0.25, 0.3) is 0 Å². The molecule has 16 heavy (non-hydrogen) atoms. The number of anilines is 1. The quantitative estimate of drug-likeness (QED) is 0.600. The van der Waals surface area contributed by atoms with E-state index in [1.807, 2.05) is 20.8 Å². The van der Waals surface area contributed by atoms with Crippen LogP contribution in [0.5, 0.6) is 0 Å². The van der Waals surface area contributed by atoms with Crippen LogP contribution in [0.15, 0.2) is 17.2 Å². The first kappa shape index (κ1) is 10.5. The van der Waals surface area contributed by atoms with E-state index in [2.05, 4.69) is 22.2 Å². The number of hydrogen-bond donors (Lipinski definition) is 3. The van der Waals surface area contributed by atoms with Gasteiger partial charge in [-0.05, 0) is 20.8 Å². The van der Waals surface area contributed by atoms with E-state index in [9.17, 15) is 9.59 Å². The summed E-state index contributed by atoms with van der Waals surface area (Å²) in [6.45, 7) is 9.29. The van der Waals surface area contributed by atoms with Gasteiger partial charge in [0.05, 0.1) is 0 Å². The van der Waals surface area contributed by atoms with Crippen LogP contribution in [0.2, 0.25) is 0 Å².